The number of carbonyl (C=O) groups is 1. The number of halogens is 1. The highest BCUT2D eigenvalue weighted by atomic mass is 79.9. The highest BCUT2D eigenvalue weighted by molar-refractivity contribution is 9.10. The topological polar surface area (TPSA) is 58.6 Å². The van der Waals surface area contributed by atoms with E-state index in [1.54, 1.807) is 6.92 Å². The first kappa shape index (κ1) is 15.3. The zero-order valence-electron chi connectivity index (χ0n) is 11.5. The third kappa shape index (κ3) is 4.49. The van der Waals surface area contributed by atoms with Crippen LogP contribution in [0.2, 0.25) is 0 Å². The highest BCUT2D eigenvalue weighted by Crippen LogP contribution is 2.24. The van der Waals surface area contributed by atoms with Gasteiger partial charge < -0.3 is 15.2 Å². The Labute approximate surface area is 127 Å². The lowest BCUT2D eigenvalue weighted by molar-refractivity contribution is -0.127. The molecule has 0 aromatic heterocycles. The largest absolute Gasteiger partial charge is 0.481 e. The van der Waals surface area contributed by atoms with Gasteiger partial charge in [0.15, 0.2) is 6.10 Å². The molecule has 1 aromatic carbocycles. The van der Waals surface area contributed by atoms with Gasteiger partial charge in [0.1, 0.15) is 5.75 Å². The maximum absolute atomic E-state index is 11.9. The van der Waals surface area contributed by atoms with Gasteiger partial charge in [-0.05, 0) is 56.4 Å². The summed E-state index contributed by atoms with van der Waals surface area (Å²) < 4.78 is 6.56. The maximum atomic E-state index is 11.9. The van der Waals surface area contributed by atoms with Gasteiger partial charge in [-0.15, -0.1) is 0 Å². The molecule has 0 radical (unpaired) electrons. The zero-order chi connectivity index (χ0) is 14.5. The number of hydrogen-bond acceptors (Lipinski definition) is 3. The fourth-order valence-corrected chi connectivity index (χ4v) is 2.66. The van der Waals surface area contributed by atoms with E-state index in [0.29, 0.717) is 18.2 Å². The molecule has 1 saturated carbocycles. The zero-order valence-corrected chi connectivity index (χ0v) is 13.1. The van der Waals surface area contributed by atoms with E-state index in [9.17, 15) is 9.90 Å². The van der Waals surface area contributed by atoms with Gasteiger partial charge in [0.2, 0.25) is 0 Å². The fraction of sp³-hybridized carbons (Fsp3) is 0.533. The van der Waals surface area contributed by atoms with Crippen LogP contribution >= 0.6 is 15.9 Å². The van der Waals surface area contributed by atoms with Crippen molar-refractivity contribution >= 4 is 21.8 Å². The second-order valence-corrected chi connectivity index (χ2v) is 6.21. The van der Waals surface area contributed by atoms with Crippen molar-refractivity contribution in [2.75, 3.05) is 6.54 Å². The SMILES string of the molecule is CC(Oc1ccc(Br)cc1)C(=O)NCC1CCC(O)C1. The van der Waals surface area contributed by atoms with Gasteiger partial charge in [-0.2, -0.15) is 0 Å². The number of hydrogen-bond donors (Lipinski definition) is 2. The van der Waals surface area contributed by atoms with Crippen LogP contribution in [0.15, 0.2) is 28.7 Å². The highest BCUT2D eigenvalue weighted by Gasteiger charge is 2.24. The van der Waals surface area contributed by atoms with Gasteiger partial charge in [0, 0.05) is 11.0 Å². The minimum absolute atomic E-state index is 0.116. The van der Waals surface area contributed by atoms with Crippen molar-refractivity contribution in [2.24, 2.45) is 5.92 Å². The Bertz CT molecular complexity index is 449. The van der Waals surface area contributed by atoms with Crippen LogP contribution in [0.5, 0.6) is 5.75 Å². The molecule has 0 aliphatic heterocycles. The number of benzene rings is 1. The smallest absolute Gasteiger partial charge is 0.260 e. The van der Waals surface area contributed by atoms with Crippen LogP contribution in [0.4, 0.5) is 0 Å². The van der Waals surface area contributed by atoms with Crippen molar-refractivity contribution in [3.63, 3.8) is 0 Å². The van der Waals surface area contributed by atoms with E-state index in [1.807, 2.05) is 24.3 Å². The lowest BCUT2D eigenvalue weighted by Crippen LogP contribution is -2.38. The molecular weight excluding hydrogens is 322 g/mol. The van der Waals surface area contributed by atoms with E-state index in [-0.39, 0.29) is 12.0 Å². The number of aliphatic hydroxyl groups is 1. The first-order valence-corrected chi connectivity index (χ1v) is 7.72. The second-order valence-electron chi connectivity index (χ2n) is 5.29. The van der Waals surface area contributed by atoms with Crippen molar-refractivity contribution in [1.82, 2.24) is 5.32 Å². The summed E-state index contributed by atoms with van der Waals surface area (Å²) in [4.78, 5) is 11.9. The molecule has 5 heteroatoms. The van der Waals surface area contributed by atoms with E-state index in [4.69, 9.17) is 4.74 Å². The molecule has 0 spiro atoms. The number of amides is 1. The molecule has 20 heavy (non-hydrogen) atoms. The number of nitrogens with one attached hydrogen (secondary N) is 1. The van der Waals surface area contributed by atoms with Gasteiger partial charge >= 0.3 is 0 Å². The van der Waals surface area contributed by atoms with Gasteiger partial charge in [0.05, 0.1) is 6.10 Å². The molecule has 1 amide bonds. The molecule has 0 saturated heterocycles. The van der Waals surface area contributed by atoms with Crippen LogP contribution in [0.1, 0.15) is 26.2 Å². The van der Waals surface area contributed by atoms with Crippen molar-refractivity contribution in [3.05, 3.63) is 28.7 Å². The number of carbonyl (C=O) groups excluding carboxylic acids is 1. The second kappa shape index (κ2) is 7.09. The van der Waals surface area contributed by atoms with E-state index < -0.39 is 6.10 Å². The van der Waals surface area contributed by atoms with Crippen molar-refractivity contribution in [3.8, 4) is 5.75 Å². The molecule has 2 rings (SSSR count). The molecule has 4 nitrogen and oxygen atoms in total. The van der Waals surface area contributed by atoms with Crippen molar-refractivity contribution < 1.29 is 14.6 Å². The lowest BCUT2D eigenvalue weighted by Gasteiger charge is -2.16. The molecule has 2 N–H and O–H groups in total. The number of aliphatic hydroxyl groups excluding tert-OH is 1. The first-order chi connectivity index (χ1) is 9.54. The fourth-order valence-electron chi connectivity index (χ4n) is 2.39. The predicted molar refractivity (Wildman–Crippen MR) is 80.6 cm³/mol. The van der Waals surface area contributed by atoms with Crippen molar-refractivity contribution in [2.45, 2.75) is 38.4 Å². The average Bonchev–Trinajstić information content (AvgIpc) is 2.84. The third-order valence-electron chi connectivity index (χ3n) is 3.57. The van der Waals surface area contributed by atoms with Crippen molar-refractivity contribution in [1.29, 1.82) is 0 Å². The number of ether oxygens (including phenoxy) is 1. The molecule has 3 atom stereocenters. The van der Waals surface area contributed by atoms with Gasteiger partial charge in [-0.3, -0.25) is 4.79 Å². The van der Waals surface area contributed by atoms with Crippen LogP contribution in [0.25, 0.3) is 0 Å². The van der Waals surface area contributed by atoms with E-state index in [1.165, 1.54) is 0 Å². The summed E-state index contributed by atoms with van der Waals surface area (Å²) in [5.74, 6) is 0.940. The normalized spacial score (nSPS) is 23.4. The van der Waals surface area contributed by atoms with E-state index in [2.05, 4.69) is 21.2 Å². The Hall–Kier alpha value is -1.07. The molecule has 110 valence electrons. The molecule has 0 heterocycles. The van der Waals surface area contributed by atoms with Gasteiger partial charge in [-0.1, -0.05) is 15.9 Å². The Morgan fingerprint density at radius 2 is 2.15 bits per heavy atom. The first-order valence-electron chi connectivity index (χ1n) is 6.92. The van der Waals surface area contributed by atoms with Crippen LogP contribution in [0.3, 0.4) is 0 Å². The summed E-state index contributed by atoms with van der Waals surface area (Å²) in [5.41, 5.74) is 0. The third-order valence-corrected chi connectivity index (χ3v) is 4.10. The van der Waals surface area contributed by atoms with E-state index >= 15 is 0 Å². The average molecular weight is 342 g/mol. The molecule has 1 aromatic rings. The summed E-state index contributed by atoms with van der Waals surface area (Å²) in [6.45, 7) is 2.35. The summed E-state index contributed by atoms with van der Waals surface area (Å²) in [5, 5.41) is 12.3. The lowest BCUT2D eigenvalue weighted by atomic mass is 10.1. The van der Waals surface area contributed by atoms with E-state index in [0.717, 1.165) is 23.7 Å². The van der Waals surface area contributed by atoms with Crippen LogP contribution < -0.4 is 10.1 Å². The minimum Gasteiger partial charge on any atom is -0.481 e. The van der Waals surface area contributed by atoms with Crippen LogP contribution in [-0.4, -0.2) is 29.8 Å². The molecule has 1 fully saturated rings. The molecular formula is C15H20BrNO3. The molecule has 1 aliphatic carbocycles. The monoisotopic (exact) mass is 341 g/mol. The van der Waals surface area contributed by atoms with Gasteiger partial charge in [-0.25, -0.2) is 0 Å². The standard InChI is InChI=1S/C15H20BrNO3/c1-10(20-14-6-3-12(16)4-7-14)15(19)17-9-11-2-5-13(18)8-11/h3-4,6-7,10-11,13,18H,2,5,8-9H2,1H3,(H,17,19). The van der Waals surface area contributed by atoms with Gasteiger partial charge in [0.25, 0.3) is 5.91 Å². The molecule has 3 unspecified atom stereocenters. The Balaban J connectivity index is 1.75. The summed E-state index contributed by atoms with van der Waals surface area (Å²) in [6, 6.07) is 7.39. The van der Waals surface area contributed by atoms with Crippen LogP contribution in [0, 0.1) is 5.92 Å². The predicted octanol–water partition coefficient (Wildman–Crippen LogP) is 2.49. The Morgan fingerprint density at radius 3 is 2.75 bits per heavy atom. The summed E-state index contributed by atoms with van der Waals surface area (Å²) in [6.07, 6.45) is 1.87. The maximum Gasteiger partial charge on any atom is 0.260 e. The van der Waals surface area contributed by atoms with Crippen LogP contribution in [-0.2, 0) is 4.79 Å². The Kier molecular flexibility index (Phi) is 5.43. The summed E-state index contributed by atoms with van der Waals surface area (Å²) in [7, 11) is 0. The molecule has 1 aliphatic rings. The minimum atomic E-state index is -0.525. The molecule has 0 bridgehead atoms. The number of rotatable bonds is 5. The quantitative estimate of drug-likeness (QED) is 0.864. The summed E-state index contributed by atoms with van der Waals surface area (Å²) >= 11 is 3.35. The Morgan fingerprint density at radius 1 is 1.45 bits per heavy atom.